The smallest absolute Gasteiger partial charge is 0.243 e. The lowest BCUT2D eigenvalue weighted by molar-refractivity contribution is -0.122. The maximum Gasteiger partial charge on any atom is 0.243 e. The fourth-order valence-electron chi connectivity index (χ4n) is 4.75. The minimum absolute atomic E-state index is 0.0234. The van der Waals surface area contributed by atoms with Gasteiger partial charge in [-0.25, -0.2) is 8.42 Å². The number of piperazine rings is 1. The van der Waals surface area contributed by atoms with E-state index in [2.05, 4.69) is 24.1 Å². The molecule has 1 aromatic carbocycles. The van der Waals surface area contributed by atoms with E-state index in [1.54, 1.807) is 12.1 Å². The number of hydrogen-bond acceptors (Lipinski definition) is 5. The Labute approximate surface area is 187 Å². The molecule has 0 aromatic heterocycles. The summed E-state index contributed by atoms with van der Waals surface area (Å²) in [7, 11) is -3.47. The van der Waals surface area contributed by atoms with Crippen LogP contribution in [0.5, 0.6) is 0 Å². The first-order valence-corrected chi connectivity index (χ1v) is 13.0. The fourth-order valence-corrected chi connectivity index (χ4v) is 6.17. The van der Waals surface area contributed by atoms with Crippen LogP contribution in [0.15, 0.2) is 29.2 Å². The lowest BCUT2D eigenvalue weighted by Gasteiger charge is -2.35. The summed E-state index contributed by atoms with van der Waals surface area (Å²) in [5.41, 5.74) is 1.04. The normalized spacial score (nSPS) is 24.2. The summed E-state index contributed by atoms with van der Waals surface area (Å²) in [5, 5.41) is 3.03. The first kappa shape index (κ1) is 24.2. The minimum atomic E-state index is -3.47. The Kier molecular flexibility index (Phi) is 8.50. The van der Waals surface area contributed by atoms with Crippen molar-refractivity contribution in [3.8, 4) is 0 Å². The molecule has 1 amide bonds. The van der Waals surface area contributed by atoms with Crippen LogP contribution in [-0.4, -0.2) is 87.3 Å². The van der Waals surface area contributed by atoms with Crippen LogP contribution >= 0.6 is 0 Å². The maximum atomic E-state index is 12.8. The van der Waals surface area contributed by atoms with Gasteiger partial charge in [0.2, 0.25) is 15.9 Å². The zero-order valence-corrected chi connectivity index (χ0v) is 20.0. The molecule has 2 aliphatic heterocycles. The number of carbonyl (C=O) groups excluding carboxylic acids is 1. The lowest BCUT2D eigenvalue weighted by Crippen LogP contribution is -2.51. The van der Waals surface area contributed by atoms with Crippen molar-refractivity contribution < 1.29 is 13.2 Å². The Hall–Kier alpha value is -1.48. The van der Waals surface area contributed by atoms with Gasteiger partial charge in [-0.15, -0.1) is 0 Å². The van der Waals surface area contributed by atoms with Crippen molar-refractivity contribution in [1.29, 1.82) is 0 Å². The Bertz CT molecular complexity index is 810. The first-order chi connectivity index (χ1) is 14.7. The maximum absolute atomic E-state index is 12.8. The number of piperidine rings is 1. The van der Waals surface area contributed by atoms with E-state index in [0.717, 1.165) is 43.5 Å². The van der Waals surface area contributed by atoms with Crippen molar-refractivity contribution in [2.45, 2.75) is 38.5 Å². The SMILES string of the molecule is Cc1ccc(S(=O)(=O)N2CCN(CC(=O)NCCCN3CC(C)CC(C)C3)CC2)cc1. The molecule has 174 valence electrons. The summed E-state index contributed by atoms with van der Waals surface area (Å²) in [4.78, 5) is 17.2. The molecule has 2 atom stereocenters. The molecule has 0 saturated carbocycles. The highest BCUT2D eigenvalue weighted by Gasteiger charge is 2.29. The largest absolute Gasteiger partial charge is 0.355 e. The molecule has 7 nitrogen and oxygen atoms in total. The number of rotatable bonds is 8. The summed E-state index contributed by atoms with van der Waals surface area (Å²) in [6, 6.07) is 6.96. The van der Waals surface area contributed by atoms with Crippen molar-refractivity contribution in [2.75, 3.05) is 58.9 Å². The molecular formula is C23H38N4O3S. The van der Waals surface area contributed by atoms with Crippen molar-refractivity contribution in [3.63, 3.8) is 0 Å². The van der Waals surface area contributed by atoms with Crippen molar-refractivity contribution in [2.24, 2.45) is 11.8 Å². The third-order valence-corrected chi connectivity index (χ3v) is 8.19. The van der Waals surface area contributed by atoms with Gasteiger partial charge in [0.1, 0.15) is 0 Å². The third kappa shape index (κ3) is 7.00. The van der Waals surface area contributed by atoms with Crippen LogP contribution in [0.3, 0.4) is 0 Å². The van der Waals surface area contributed by atoms with Gasteiger partial charge in [0, 0.05) is 45.8 Å². The van der Waals surface area contributed by atoms with Crippen molar-refractivity contribution >= 4 is 15.9 Å². The first-order valence-electron chi connectivity index (χ1n) is 11.5. The topological polar surface area (TPSA) is 73.0 Å². The number of hydrogen-bond donors (Lipinski definition) is 1. The molecule has 1 N–H and O–H groups in total. The molecular weight excluding hydrogens is 412 g/mol. The van der Waals surface area contributed by atoms with Gasteiger partial charge in [0.15, 0.2) is 0 Å². The molecule has 2 unspecified atom stereocenters. The Morgan fingerprint density at radius 3 is 2.23 bits per heavy atom. The molecule has 2 heterocycles. The number of benzene rings is 1. The quantitative estimate of drug-likeness (QED) is 0.612. The zero-order valence-electron chi connectivity index (χ0n) is 19.2. The second-order valence-corrected chi connectivity index (χ2v) is 11.3. The molecule has 3 rings (SSSR count). The van der Waals surface area contributed by atoms with E-state index < -0.39 is 10.0 Å². The zero-order chi connectivity index (χ0) is 22.4. The van der Waals surface area contributed by atoms with Gasteiger partial charge in [0.05, 0.1) is 11.4 Å². The summed E-state index contributed by atoms with van der Waals surface area (Å²) in [6.07, 6.45) is 2.28. The summed E-state index contributed by atoms with van der Waals surface area (Å²) in [5.74, 6) is 1.54. The monoisotopic (exact) mass is 450 g/mol. The average molecular weight is 451 g/mol. The molecule has 0 radical (unpaired) electrons. The Morgan fingerprint density at radius 1 is 1.00 bits per heavy atom. The van der Waals surface area contributed by atoms with Crippen molar-refractivity contribution in [1.82, 2.24) is 19.4 Å². The van der Waals surface area contributed by atoms with Crippen LogP contribution in [-0.2, 0) is 14.8 Å². The number of nitrogens with zero attached hydrogens (tertiary/aromatic N) is 3. The number of likely N-dealkylation sites (tertiary alicyclic amines) is 1. The molecule has 0 bridgehead atoms. The second kappa shape index (κ2) is 10.9. The number of aryl methyl sites for hydroxylation is 1. The molecule has 31 heavy (non-hydrogen) atoms. The van der Waals surface area contributed by atoms with Gasteiger partial charge < -0.3 is 10.2 Å². The standard InChI is InChI=1S/C23H38N4O3S/c1-19-5-7-22(8-6-19)31(29,30)27-13-11-25(12-14-27)18-23(28)24-9-4-10-26-16-20(2)15-21(3)17-26/h5-8,20-21H,4,9-18H2,1-3H3,(H,24,28). The van der Waals surface area contributed by atoms with Crippen LogP contribution in [0.2, 0.25) is 0 Å². The number of nitrogens with one attached hydrogen (secondary N) is 1. The van der Waals surface area contributed by atoms with E-state index in [1.807, 2.05) is 24.0 Å². The van der Waals surface area contributed by atoms with Crippen LogP contribution in [0.25, 0.3) is 0 Å². The predicted molar refractivity (Wildman–Crippen MR) is 123 cm³/mol. The Morgan fingerprint density at radius 2 is 1.61 bits per heavy atom. The molecule has 0 aliphatic carbocycles. The van der Waals surface area contributed by atoms with Crippen LogP contribution in [0.1, 0.15) is 32.3 Å². The molecule has 1 aromatic rings. The highest BCUT2D eigenvalue weighted by atomic mass is 32.2. The van der Waals surface area contributed by atoms with Crippen LogP contribution in [0.4, 0.5) is 0 Å². The van der Waals surface area contributed by atoms with E-state index in [9.17, 15) is 13.2 Å². The van der Waals surface area contributed by atoms with Crippen LogP contribution in [0, 0.1) is 18.8 Å². The lowest BCUT2D eigenvalue weighted by atomic mass is 9.92. The van der Waals surface area contributed by atoms with Gasteiger partial charge in [-0.1, -0.05) is 31.5 Å². The molecule has 2 aliphatic rings. The van der Waals surface area contributed by atoms with E-state index in [-0.39, 0.29) is 5.91 Å². The summed E-state index contributed by atoms with van der Waals surface area (Å²) in [6.45, 7) is 12.9. The highest BCUT2D eigenvalue weighted by molar-refractivity contribution is 7.89. The van der Waals surface area contributed by atoms with E-state index in [1.165, 1.54) is 10.7 Å². The number of sulfonamides is 1. The molecule has 0 spiro atoms. The van der Waals surface area contributed by atoms with Gasteiger partial charge >= 0.3 is 0 Å². The van der Waals surface area contributed by atoms with Crippen LogP contribution < -0.4 is 5.32 Å². The van der Waals surface area contributed by atoms with E-state index >= 15 is 0 Å². The third-order valence-electron chi connectivity index (χ3n) is 6.28. The van der Waals surface area contributed by atoms with Gasteiger partial charge in [0.25, 0.3) is 0 Å². The molecule has 2 fully saturated rings. The number of amides is 1. The van der Waals surface area contributed by atoms with E-state index in [4.69, 9.17) is 0 Å². The summed E-state index contributed by atoms with van der Waals surface area (Å²) < 4.78 is 27.1. The average Bonchev–Trinajstić information content (AvgIpc) is 2.71. The second-order valence-electron chi connectivity index (χ2n) is 9.40. The van der Waals surface area contributed by atoms with Gasteiger partial charge in [-0.3, -0.25) is 9.69 Å². The van der Waals surface area contributed by atoms with Gasteiger partial charge in [-0.2, -0.15) is 4.31 Å². The Balaban J connectivity index is 1.35. The fraction of sp³-hybridized carbons (Fsp3) is 0.696. The summed E-state index contributed by atoms with van der Waals surface area (Å²) >= 11 is 0. The molecule has 8 heteroatoms. The minimum Gasteiger partial charge on any atom is -0.355 e. The number of carbonyl (C=O) groups is 1. The predicted octanol–water partition coefficient (Wildman–Crippen LogP) is 1.79. The molecule has 2 saturated heterocycles. The van der Waals surface area contributed by atoms with E-state index in [0.29, 0.717) is 44.2 Å². The highest BCUT2D eigenvalue weighted by Crippen LogP contribution is 2.21. The van der Waals surface area contributed by atoms with Gasteiger partial charge in [-0.05, 0) is 50.3 Å². The van der Waals surface area contributed by atoms with Crippen molar-refractivity contribution in [3.05, 3.63) is 29.8 Å².